The number of hydrogen-bond acceptors (Lipinski definition) is 4. The molecule has 23 heavy (non-hydrogen) atoms. The van der Waals surface area contributed by atoms with Crippen LogP contribution in [0.5, 0.6) is 0 Å². The quantitative estimate of drug-likeness (QED) is 0.650. The van der Waals surface area contributed by atoms with E-state index in [2.05, 4.69) is 29.4 Å². The number of benzene rings is 1. The molecule has 0 saturated carbocycles. The van der Waals surface area contributed by atoms with Gasteiger partial charge in [0.05, 0.1) is 13.1 Å². The molecule has 0 atom stereocenters. The Labute approximate surface area is 150 Å². The fraction of sp³-hybridized carbons (Fsp3) is 0.467. The van der Waals surface area contributed by atoms with Gasteiger partial charge in [0.1, 0.15) is 0 Å². The molecule has 0 aromatic heterocycles. The average molecular weight is 365 g/mol. The predicted octanol–water partition coefficient (Wildman–Crippen LogP) is 1.39. The van der Waals surface area contributed by atoms with Gasteiger partial charge < -0.3 is 16.4 Å². The molecular weight excluding hydrogens is 339 g/mol. The van der Waals surface area contributed by atoms with Gasteiger partial charge in [-0.15, -0.1) is 24.8 Å². The summed E-state index contributed by atoms with van der Waals surface area (Å²) in [6.45, 7) is 6.87. The van der Waals surface area contributed by atoms with Gasteiger partial charge in [-0.2, -0.15) is 0 Å². The SMILES string of the molecule is CCN(CC)Cc1cccc(NC(=O)CNC(=O)CN)c1.Cl.Cl. The molecule has 0 bridgehead atoms. The molecule has 0 aliphatic carbocycles. The Morgan fingerprint density at radius 2 is 1.78 bits per heavy atom. The van der Waals surface area contributed by atoms with E-state index in [0.717, 1.165) is 30.9 Å². The van der Waals surface area contributed by atoms with E-state index in [0.29, 0.717) is 0 Å². The average Bonchev–Trinajstić information content (AvgIpc) is 2.50. The van der Waals surface area contributed by atoms with Crippen LogP contribution in [0.25, 0.3) is 0 Å². The summed E-state index contributed by atoms with van der Waals surface area (Å²) >= 11 is 0. The number of nitrogens with zero attached hydrogens (tertiary/aromatic N) is 1. The number of carbonyl (C=O) groups excluding carboxylic acids is 2. The zero-order chi connectivity index (χ0) is 15.7. The Balaban J connectivity index is 0. The van der Waals surface area contributed by atoms with E-state index < -0.39 is 0 Å². The molecule has 0 radical (unpaired) electrons. The Kier molecular flexibility index (Phi) is 13.7. The third-order valence-corrected chi connectivity index (χ3v) is 3.14. The second-order valence-corrected chi connectivity index (χ2v) is 4.69. The first-order valence-corrected chi connectivity index (χ1v) is 7.16. The van der Waals surface area contributed by atoms with Crippen LogP contribution in [-0.4, -0.2) is 42.9 Å². The number of nitrogens with one attached hydrogen (secondary N) is 2. The molecule has 1 aromatic rings. The van der Waals surface area contributed by atoms with E-state index in [-0.39, 0.29) is 49.7 Å². The number of hydrogen-bond donors (Lipinski definition) is 3. The molecule has 8 heteroatoms. The largest absolute Gasteiger partial charge is 0.346 e. The molecule has 2 amide bonds. The summed E-state index contributed by atoms with van der Waals surface area (Å²) < 4.78 is 0. The zero-order valence-corrected chi connectivity index (χ0v) is 15.1. The third-order valence-electron chi connectivity index (χ3n) is 3.14. The molecule has 1 rings (SSSR count). The lowest BCUT2D eigenvalue weighted by molar-refractivity contribution is -0.123. The second kappa shape index (κ2) is 13.1. The van der Waals surface area contributed by atoms with E-state index in [1.807, 2.05) is 24.3 Å². The summed E-state index contributed by atoms with van der Waals surface area (Å²) in [6.07, 6.45) is 0. The monoisotopic (exact) mass is 364 g/mol. The van der Waals surface area contributed by atoms with Gasteiger partial charge in [-0.1, -0.05) is 26.0 Å². The fourth-order valence-electron chi connectivity index (χ4n) is 1.91. The molecule has 6 nitrogen and oxygen atoms in total. The molecule has 1 aromatic carbocycles. The number of halogens is 2. The maximum atomic E-state index is 11.7. The van der Waals surface area contributed by atoms with E-state index in [4.69, 9.17) is 5.73 Å². The lowest BCUT2D eigenvalue weighted by atomic mass is 10.2. The maximum Gasteiger partial charge on any atom is 0.243 e. The van der Waals surface area contributed by atoms with Crippen LogP contribution in [0.4, 0.5) is 5.69 Å². The Bertz CT molecular complexity index is 482. The highest BCUT2D eigenvalue weighted by Crippen LogP contribution is 2.12. The van der Waals surface area contributed by atoms with Crippen LogP contribution >= 0.6 is 24.8 Å². The topological polar surface area (TPSA) is 87.5 Å². The van der Waals surface area contributed by atoms with Gasteiger partial charge in [0, 0.05) is 12.2 Å². The molecule has 0 heterocycles. The minimum Gasteiger partial charge on any atom is -0.346 e. The van der Waals surface area contributed by atoms with Crippen molar-refractivity contribution < 1.29 is 9.59 Å². The standard InChI is InChI=1S/C15H24N4O2.2ClH/c1-3-19(4-2)11-12-6-5-7-13(8-12)18-15(21)10-17-14(20)9-16;;/h5-8H,3-4,9-11,16H2,1-2H3,(H,17,20)(H,18,21);2*1H. The van der Waals surface area contributed by atoms with Crippen LogP contribution in [-0.2, 0) is 16.1 Å². The van der Waals surface area contributed by atoms with Crippen molar-refractivity contribution in [2.75, 3.05) is 31.5 Å². The highest BCUT2D eigenvalue weighted by atomic mass is 35.5. The Morgan fingerprint density at radius 1 is 1.13 bits per heavy atom. The molecule has 0 spiro atoms. The van der Waals surface area contributed by atoms with Crippen molar-refractivity contribution in [3.63, 3.8) is 0 Å². The van der Waals surface area contributed by atoms with Crippen LogP contribution in [0.2, 0.25) is 0 Å². The van der Waals surface area contributed by atoms with E-state index >= 15 is 0 Å². The van der Waals surface area contributed by atoms with Crippen LogP contribution in [0.15, 0.2) is 24.3 Å². The minimum absolute atomic E-state index is 0. The van der Waals surface area contributed by atoms with E-state index in [9.17, 15) is 9.59 Å². The van der Waals surface area contributed by atoms with Crippen molar-refractivity contribution in [3.05, 3.63) is 29.8 Å². The summed E-state index contributed by atoms with van der Waals surface area (Å²) in [4.78, 5) is 25.0. The summed E-state index contributed by atoms with van der Waals surface area (Å²) in [5.41, 5.74) is 7.02. The number of rotatable bonds is 8. The Hall–Kier alpha value is -1.34. The molecule has 4 N–H and O–H groups in total. The minimum atomic E-state index is -0.347. The number of anilines is 1. The summed E-state index contributed by atoms with van der Waals surface area (Å²) in [5.74, 6) is -0.614. The van der Waals surface area contributed by atoms with Gasteiger partial charge in [-0.05, 0) is 30.8 Å². The first-order valence-electron chi connectivity index (χ1n) is 7.16. The first kappa shape index (κ1) is 23.9. The third kappa shape index (κ3) is 9.40. The molecule has 0 aliphatic heterocycles. The van der Waals surface area contributed by atoms with Crippen molar-refractivity contribution in [1.82, 2.24) is 10.2 Å². The summed E-state index contributed by atoms with van der Waals surface area (Å²) in [5, 5.41) is 5.19. The molecule has 0 fully saturated rings. The normalized spacial score (nSPS) is 9.57. The summed E-state index contributed by atoms with van der Waals surface area (Å²) in [7, 11) is 0. The molecular formula is C15H26Cl2N4O2. The first-order chi connectivity index (χ1) is 10.1. The zero-order valence-electron chi connectivity index (χ0n) is 13.5. The second-order valence-electron chi connectivity index (χ2n) is 4.69. The van der Waals surface area contributed by atoms with Crippen molar-refractivity contribution >= 4 is 42.3 Å². The lowest BCUT2D eigenvalue weighted by Crippen LogP contribution is -2.36. The van der Waals surface area contributed by atoms with Crippen LogP contribution in [0.3, 0.4) is 0 Å². The van der Waals surface area contributed by atoms with Crippen molar-refractivity contribution in [2.24, 2.45) is 5.73 Å². The highest BCUT2D eigenvalue weighted by molar-refractivity contribution is 5.94. The van der Waals surface area contributed by atoms with E-state index in [1.165, 1.54) is 0 Å². The van der Waals surface area contributed by atoms with Gasteiger partial charge in [0.25, 0.3) is 0 Å². The Morgan fingerprint density at radius 3 is 2.35 bits per heavy atom. The molecule has 0 unspecified atom stereocenters. The van der Waals surface area contributed by atoms with Crippen molar-refractivity contribution in [3.8, 4) is 0 Å². The molecule has 0 aliphatic rings. The molecule has 132 valence electrons. The highest BCUT2D eigenvalue weighted by Gasteiger charge is 2.06. The van der Waals surface area contributed by atoms with Crippen LogP contribution < -0.4 is 16.4 Å². The molecule has 0 saturated heterocycles. The van der Waals surface area contributed by atoms with Gasteiger partial charge in [-0.25, -0.2) is 0 Å². The van der Waals surface area contributed by atoms with Gasteiger partial charge in [-0.3, -0.25) is 14.5 Å². The fourth-order valence-corrected chi connectivity index (χ4v) is 1.91. The maximum absolute atomic E-state index is 11.7. The van der Waals surface area contributed by atoms with Crippen LogP contribution in [0.1, 0.15) is 19.4 Å². The van der Waals surface area contributed by atoms with E-state index in [1.54, 1.807) is 0 Å². The number of carbonyl (C=O) groups is 2. The van der Waals surface area contributed by atoms with Crippen molar-refractivity contribution in [1.29, 1.82) is 0 Å². The van der Waals surface area contributed by atoms with Gasteiger partial charge in [0.2, 0.25) is 11.8 Å². The van der Waals surface area contributed by atoms with Gasteiger partial charge in [0.15, 0.2) is 0 Å². The summed E-state index contributed by atoms with van der Waals surface area (Å²) in [6, 6.07) is 7.71. The number of amides is 2. The van der Waals surface area contributed by atoms with Crippen LogP contribution in [0, 0.1) is 0 Å². The van der Waals surface area contributed by atoms with Crippen molar-refractivity contribution in [2.45, 2.75) is 20.4 Å². The van der Waals surface area contributed by atoms with Gasteiger partial charge >= 0.3 is 0 Å². The predicted molar refractivity (Wildman–Crippen MR) is 98.3 cm³/mol. The number of nitrogens with two attached hydrogens (primary N) is 1. The smallest absolute Gasteiger partial charge is 0.243 e. The lowest BCUT2D eigenvalue weighted by Gasteiger charge is -2.18.